The predicted molar refractivity (Wildman–Crippen MR) is 89.1 cm³/mol. The highest BCUT2D eigenvalue weighted by atomic mass is 19.2. The van der Waals surface area contributed by atoms with E-state index in [9.17, 15) is 13.2 Å². The number of methoxy groups -OCH3 is 1. The van der Waals surface area contributed by atoms with E-state index in [-0.39, 0.29) is 18.8 Å². The lowest BCUT2D eigenvalue weighted by Crippen LogP contribution is -2.25. The van der Waals surface area contributed by atoms with Gasteiger partial charge in [-0.2, -0.15) is 9.65 Å². The van der Waals surface area contributed by atoms with Crippen LogP contribution >= 0.6 is 0 Å². The second kappa shape index (κ2) is 7.27. The molecule has 5 nitrogen and oxygen atoms in total. The molecule has 0 unspecified atom stereocenters. The van der Waals surface area contributed by atoms with E-state index in [1.165, 1.54) is 11.1 Å². The lowest BCUT2D eigenvalue weighted by Gasteiger charge is -2.23. The van der Waals surface area contributed by atoms with Crippen LogP contribution in [-0.4, -0.2) is 23.6 Å². The van der Waals surface area contributed by atoms with Gasteiger partial charge in [0.1, 0.15) is 6.54 Å². The molecule has 0 saturated heterocycles. The van der Waals surface area contributed by atoms with Gasteiger partial charge < -0.3 is 9.64 Å². The lowest BCUT2D eigenvalue weighted by atomic mass is 10.2. The highest BCUT2D eigenvalue weighted by Gasteiger charge is 2.23. The maximum absolute atomic E-state index is 14.3. The largest absolute Gasteiger partial charge is 0.493 e. The van der Waals surface area contributed by atoms with E-state index in [4.69, 9.17) is 10.00 Å². The van der Waals surface area contributed by atoms with Crippen LogP contribution in [0.2, 0.25) is 0 Å². The second-order valence-corrected chi connectivity index (χ2v) is 5.40. The molecule has 0 radical (unpaired) electrons. The number of para-hydroxylation sites is 2. The first-order chi connectivity index (χ1) is 12.5. The van der Waals surface area contributed by atoms with Gasteiger partial charge in [-0.15, -0.1) is 0 Å². The molecule has 0 atom stereocenters. The summed E-state index contributed by atoms with van der Waals surface area (Å²) in [5.74, 6) is -4.93. The van der Waals surface area contributed by atoms with Crippen LogP contribution in [0, 0.1) is 28.8 Å². The number of benzene rings is 2. The molecule has 0 N–H and O–H groups in total. The second-order valence-electron chi connectivity index (χ2n) is 5.40. The summed E-state index contributed by atoms with van der Waals surface area (Å²) in [7, 11) is 1.14. The van der Waals surface area contributed by atoms with Crippen molar-refractivity contribution < 1.29 is 17.9 Å². The summed E-state index contributed by atoms with van der Waals surface area (Å²) in [6.45, 7) is -0.282. The van der Waals surface area contributed by atoms with E-state index < -0.39 is 23.2 Å². The molecule has 0 fully saturated rings. The SMILES string of the molecule is COc1cc(N(CC#N)Cc2cnc3ccccc3n2)c(F)c(F)c1F. The summed E-state index contributed by atoms with van der Waals surface area (Å²) in [5, 5.41) is 9.04. The molecule has 2 aromatic carbocycles. The molecule has 0 amide bonds. The number of aromatic nitrogens is 2. The molecule has 0 aliphatic rings. The Morgan fingerprint density at radius 3 is 2.54 bits per heavy atom. The van der Waals surface area contributed by atoms with Crippen molar-refractivity contribution in [1.29, 1.82) is 5.26 Å². The minimum Gasteiger partial charge on any atom is -0.493 e. The zero-order valence-electron chi connectivity index (χ0n) is 13.7. The number of anilines is 1. The van der Waals surface area contributed by atoms with Crippen molar-refractivity contribution in [2.24, 2.45) is 0 Å². The Kier molecular flexibility index (Phi) is 4.89. The molecule has 3 aromatic rings. The Bertz CT molecular complexity index is 1000. The van der Waals surface area contributed by atoms with Gasteiger partial charge in [-0.05, 0) is 12.1 Å². The Hall–Kier alpha value is -3.34. The van der Waals surface area contributed by atoms with E-state index in [2.05, 4.69) is 9.97 Å². The van der Waals surface area contributed by atoms with Gasteiger partial charge in [0.05, 0.1) is 48.3 Å². The quantitative estimate of drug-likeness (QED) is 0.515. The van der Waals surface area contributed by atoms with Crippen LogP contribution < -0.4 is 9.64 Å². The van der Waals surface area contributed by atoms with Gasteiger partial charge in [0.25, 0.3) is 0 Å². The highest BCUT2D eigenvalue weighted by molar-refractivity contribution is 5.73. The fourth-order valence-electron chi connectivity index (χ4n) is 2.53. The predicted octanol–water partition coefficient (Wildman–Crippen LogP) is 3.59. The molecule has 1 aromatic heterocycles. The highest BCUT2D eigenvalue weighted by Crippen LogP contribution is 2.31. The molecule has 132 valence electrons. The third-order valence-corrected chi connectivity index (χ3v) is 3.77. The number of fused-ring (bicyclic) bond motifs is 1. The first-order valence-corrected chi connectivity index (χ1v) is 7.59. The van der Waals surface area contributed by atoms with Crippen molar-refractivity contribution in [2.75, 3.05) is 18.6 Å². The number of nitrogens with zero attached hydrogens (tertiary/aromatic N) is 4. The number of halogens is 3. The zero-order valence-corrected chi connectivity index (χ0v) is 13.7. The van der Waals surface area contributed by atoms with Crippen LogP contribution in [-0.2, 0) is 6.54 Å². The van der Waals surface area contributed by atoms with Crippen molar-refractivity contribution in [3.63, 3.8) is 0 Å². The van der Waals surface area contributed by atoms with Gasteiger partial charge in [-0.25, -0.2) is 13.8 Å². The van der Waals surface area contributed by atoms with Crippen LogP contribution in [0.4, 0.5) is 18.9 Å². The summed E-state index contributed by atoms with van der Waals surface area (Å²) in [6, 6.07) is 10.1. The third kappa shape index (κ3) is 3.24. The number of nitriles is 1. The Balaban J connectivity index is 2.01. The van der Waals surface area contributed by atoms with Gasteiger partial charge in [-0.1, -0.05) is 12.1 Å². The van der Waals surface area contributed by atoms with Gasteiger partial charge >= 0.3 is 0 Å². The van der Waals surface area contributed by atoms with Crippen molar-refractivity contribution in [3.8, 4) is 11.8 Å². The molecule has 0 saturated carbocycles. The topological polar surface area (TPSA) is 62.0 Å². The minimum atomic E-state index is -1.66. The van der Waals surface area contributed by atoms with Gasteiger partial charge in [0, 0.05) is 6.07 Å². The molecule has 0 bridgehead atoms. The molecule has 0 aliphatic carbocycles. The van der Waals surface area contributed by atoms with Crippen LogP contribution in [0.25, 0.3) is 11.0 Å². The van der Waals surface area contributed by atoms with E-state index in [0.29, 0.717) is 16.7 Å². The van der Waals surface area contributed by atoms with Crippen LogP contribution in [0.5, 0.6) is 5.75 Å². The molecular weight excluding hydrogens is 345 g/mol. The zero-order chi connectivity index (χ0) is 18.7. The maximum atomic E-state index is 14.3. The van der Waals surface area contributed by atoms with E-state index in [1.807, 2.05) is 12.1 Å². The molecule has 1 heterocycles. The average Bonchev–Trinajstić information content (AvgIpc) is 2.66. The van der Waals surface area contributed by atoms with Gasteiger partial charge in [0.15, 0.2) is 17.4 Å². The Morgan fingerprint density at radius 1 is 1.12 bits per heavy atom. The van der Waals surface area contributed by atoms with Crippen molar-refractivity contribution in [1.82, 2.24) is 9.97 Å². The normalized spacial score (nSPS) is 10.6. The summed E-state index contributed by atoms with van der Waals surface area (Å²) >= 11 is 0. The summed E-state index contributed by atoms with van der Waals surface area (Å²) < 4.78 is 46.5. The Labute approximate surface area is 147 Å². The van der Waals surface area contributed by atoms with Crippen LogP contribution in [0.15, 0.2) is 36.5 Å². The standard InChI is InChI=1S/C18H13F3N4O/c1-26-15-8-14(16(19)18(21)17(15)20)25(7-6-22)10-11-9-23-12-4-2-3-5-13(12)24-11/h2-5,8-9H,7,10H2,1H3. The lowest BCUT2D eigenvalue weighted by molar-refractivity contribution is 0.360. The van der Waals surface area contributed by atoms with Gasteiger partial charge in [0.2, 0.25) is 5.82 Å². The molecule has 3 rings (SSSR count). The Morgan fingerprint density at radius 2 is 1.85 bits per heavy atom. The van der Waals surface area contributed by atoms with Crippen LogP contribution in [0.1, 0.15) is 5.69 Å². The average molecular weight is 358 g/mol. The molecular formula is C18H13F3N4O. The number of ether oxygens (including phenoxy) is 1. The van der Waals surface area contributed by atoms with E-state index in [0.717, 1.165) is 13.2 Å². The smallest absolute Gasteiger partial charge is 0.203 e. The van der Waals surface area contributed by atoms with Crippen molar-refractivity contribution in [2.45, 2.75) is 6.54 Å². The summed E-state index contributed by atoms with van der Waals surface area (Å²) in [4.78, 5) is 9.89. The van der Waals surface area contributed by atoms with E-state index >= 15 is 0 Å². The maximum Gasteiger partial charge on any atom is 0.203 e. The summed E-state index contributed by atoms with van der Waals surface area (Å²) in [5.41, 5.74) is 1.47. The first kappa shape index (κ1) is 17.5. The third-order valence-electron chi connectivity index (χ3n) is 3.77. The summed E-state index contributed by atoms with van der Waals surface area (Å²) in [6.07, 6.45) is 1.49. The molecule has 0 aliphatic heterocycles. The fourth-order valence-corrected chi connectivity index (χ4v) is 2.53. The first-order valence-electron chi connectivity index (χ1n) is 7.59. The molecule has 8 heteroatoms. The van der Waals surface area contributed by atoms with Gasteiger partial charge in [-0.3, -0.25) is 4.98 Å². The number of hydrogen-bond donors (Lipinski definition) is 0. The van der Waals surface area contributed by atoms with Crippen LogP contribution in [0.3, 0.4) is 0 Å². The van der Waals surface area contributed by atoms with E-state index in [1.54, 1.807) is 18.2 Å². The minimum absolute atomic E-state index is 0.0173. The monoisotopic (exact) mass is 358 g/mol. The molecule has 0 spiro atoms. The fraction of sp³-hybridized carbons (Fsp3) is 0.167. The number of hydrogen-bond acceptors (Lipinski definition) is 5. The van der Waals surface area contributed by atoms with Crippen molar-refractivity contribution in [3.05, 3.63) is 59.7 Å². The molecule has 26 heavy (non-hydrogen) atoms. The number of rotatable bonds is 5. The van der Waals surface area contributed by atoms with Crippen molar-refractivity contribution >= 4 is 16.7 Å².